The molecule has 0 aromatic heterocycles. The van der Waals surface area contributed by atoms with Crippen LogP contribution in [0.5, 0.6) is 0 Å². The van der Waals surface area contributed by atoms with Crippen LogP contribution < -0.4 is 5.32 Å². The smallest absolute Gasteiger partial charge is 0.124 e. The first kappa shape index (κ1) is 11.4. The van der Waals surface area contributed by atoms with Crippen LogP contribution in [-0.4, -0.2) is 6.29 Å². The zero-order valence-electron chi connectivity index (χ0n) is 9.81. The number of carbonyl (C=O) groups is 1. The Balaban J connectivity index is 2.30. The van der Waals surface area contributed by atoms with Crippen molar-refractivity contribution in [1.29, 1.82) is 0 Å². The summed E-state index contributed by atoms with van der Waals surface area (Å²) in [6.45, 7) is 2.06. The molecule has 0 heterocycles. The van der Waals surface area contributed by atoms with Gasteiger partial charge in [-0.25, -0.2) is 0 Å². The number of hydrogen-bond donors (Lipinski definition) is 1. The van der Waals surface area contributed by atoms with Crippen LogP contribution in [0.2, 0.25) is 0 Å². The van der Waals surface area contributed by atoms with Crippen molar-refractivity contribution in [2.24, 2.45) is 0 Å². The van der Waals surface area contributed by atoms with E-state index in [1.54, 1.807) is 0 Å². The Morgan fingerprint density at radius 1 is 1.00 bits per heavy atom. The van der Waals surface area contributed by atoms with Crippen LogP contribution in [0.15, 0.2) is 48.5 Å². The summed E-state index contributed by atoms with van der Waals surface area (Å²) >= 11 is 0. The molecule has 0 saturated heterocycles. The van der Waals surface area contributed by atoms with Gasteiger partial charge in [-0.2, -0.15) is 0 Å². The van der Waals surface area contributed by atoms with Crippen LogP contribution in [0.3, 0.4) is 0 Å². The van der Waals surface area contributed by atoms with Crippen LogP contribution >= 0.6 is 0 Å². The molecule has 2 aromatic rings. The Morgan fingerprint density at radius 2 is 1.65 bits per heavy atom. The molecule has 2 nitrogen and oxygen atoms in total. The second-order valence-corrected chi connectivity index (χ2v) is 3.97. The van der Waals surface area contributed by atoms with Crippen molar-refractivity contribution in [3.63, 3.8) is 0 Å². The molecule has 0 spiro atoms. The summed E-state index contributed by atoms with van der Waals surface area (Å²) in [5, 5.41) is 3.37. The van der Waals surface area contributed by atoms with Crippen molar-refractivity contribution in [3.8, 4) is 0 Å². The third kappa shape index (κ3) is 2.72. The summed E-state index contributed by atoms with van der Waals surface area (Å²) in [5.74, 6) is 0. The molecule has 0 aliphatic rings. The molecule has 0 aliphatic carbocycles. The topological polar surface area (TPSA) is 29.1 Å². The first-order valence-corrected chi connectivity index (χ1v) is 5.65. The van der Waals surface area contributed by atoms with Crippen molar-refractivity contribution in [2.75, 3.05) is 5.32 Å². The molecule has 0 radical (unpaired) electrons. The molecule has 0 fully saturated rings. The number of rotatable bonds is 4. The van der Waals surface area contributed by atoms with E-state index >= 15 is 0 Å². The van der Waals surface area contributed by atoms with Gasteiger partial charge in [-0.05, 0) is 30.2 Å². The lowest BCUT2D eigenvalue weighted by molar-refractivity contribution is -0.107. The first-order valence-electron chi connectivity index (χ1n) is 5.65. The molecule has 86 valence electrons. The second-order valence-electron chi connectivity index (χ2n) is 3.97. The number of hydrogen-bond acceptors (Lipinski definition) is 2. The van der Waals surface area contributed by atoms with Crippen molar-refractivity contribution in [1.82, 2.24) is 0 Å². The highest BCUT2D eigenvalue weighted by molar-refractivity contribution is 5.69. The van der Waals surface area contributed by atoms with Gasteiger partial charge in [0.2, 0.25) is 0 Å². The number of aryl methyl sites for hydroxylation is 1. The predicted octanol–water partition coefficient (Wildman–Crippen LogP) is 3.48. The maximum atomic E-state index is 10.6. The van der Waals surface area contributed by atoms with Crippen LogP contribution in [-0.2, 0) is 11.2 Å². The SMILES string of the molecule is Cc1ccccc1Nc1ccccc1CC=O. The minimum Gasteiger partial charge on any atom is -0.355 e. The monoisotopic (exact) mass is 225 g/mol. The van der Waals surface area contributed by atoms with Crippen molar-refractivity contribution in [3.05, 3.63) is 59.7 Å². The Hall–Kier alpha value is -2.09. The van der Waals surface area contributed by atoms with Gasteiger partial charge in [0, 0.05) is 17.8 Å². The Bertz CT molecular complexity index is 520. The van der Waals surface area contributed by atoms with Crippen molar-refractivity contribution < 1.29 is 4.79 Å². The number of aldehydes is 1. The van der Waals surface area contributed by atoms with Gasteiger partial charge in [0.1, 0.15) is 6.29 Å². The van der Waals surface area contributed by atoms with Crippen LogP contribution in [0.1, 0.15) is 11.1 Å². The normalized spacial score (nSPS) is 9.94. The molecule has 0 aliphatic heterocycles. The summed E-state index contributed by atoms with van der Waals surface area (Å²) in [5.41, 5.74) is 4.28. The fraction of sp³-hybridized carbons (Fsp3) is 0.133. The number of benzene rings is 2. The van der Waals surface area contributed by atoms with Crippen LogP contribution in [0, 0.1) is 6.92 Å². The lowest BCUT2D eigenvalue weighted by atomic mass is 10.1. The fourth-order valence-electron chi connectivity index (χ4n) is 1.77. The van der Waals surface area contributed by atoms with Gasteiger partial charge in [0.15, 0.2) is 0 Å². The summed E-state index contributed by atoms with van der Waals surface area (Å²) in [6, 6.07) is 16.0. The van der Waals surface area contributed by atoms with Gasteiger partial charge in [0.05, 0.1) is 0 Å². The third-order valence-electron chi connectivity index (χ3n) is 2.74. The molecule has 1 N–H and O–H groups in total. The molecule has 0 unspecified atom stereocenters. The maximum absolute atomic E-state index is 10.6. The van der Waals surface area contributed by atoms with Gasteiger partial charge >= 0.3 is 0 Å². The van der Waals surface area contributed by atoms with Gasteiger partial charge < -0.3 is 10.1 Å². The lowest BCUT2D eigenvalue weighted by Gasteiger charge is -2.12. The van der Waals surface area contributed by atoms with E-state index in [4.69, 9.17) is 0 Å². The average molecular weight is 225 g/mol. The summed E-state index contributed by atoms with van der Waals surface area (Å²) in [7, 11) is 0. The predicted molar refractivity (Wildman–Crippen MR) is 70.7 cm³/mol. The minimum atomic E-state index is 0.440. The first-order chi connectivity index (χ1) is 8.31. The summed E-state index contributed by atoms with van der Waals surface area (Å²) < 4.78 is 0. The number of anilines is 2. The van der Waals surface area contributed by atoms with Crippen molar-refractivity contribution >= 4 is 17.7 Å². The maximum Gasteiger partial charge on any atom is 0.124 e. The van der Waals surface area contributed by atoms with Gasteiger partial charge in [-0.15, -0.1) is 0 Å². The van der Waals surface area contributed by atoms with E-state index in [1.165, 1.54) is 5.56 Å². The molecule has 0 saturated carbocycles. The third-order valence-corrected chi connectivity index (χ3v) is 2.74. The van der Waals surface area contributed by atoms with Gasteiger partial charge in [0.25, 0.3) is 0 Å². The van der Waals surface area contributed by atoms with Gasteiger partial charge in [-0.3, -0.25) is 0 Å². The number of carbonyl (C=O) groups excluding carboxylic acids is 1. The molecule has 2 heteroatoms. The number of nitrogens with one attached hydrogen (secondary N) is 1. The highest BCUT2D eigenvalue weighted by Gasteiger charge is 2.02. The van der Waals surface area contributed by atoms with Crippen LogP contribution in [0.25, 0.3) is 0 Å². The quantitative estimate of drug-likeness (QED) is 0.807. The Morgan fingerprint density at radius 3 is 2.35 bits per heavy atom. The summed E-state index contributed by atoms with van der Waals surface area (Å²) in [4.78, 5) is 10.6. The van der Waals surface area contributed by atoms with E-state index in [0.717, 1.165) is 23.2 Å². The highest BCUT2D eigenvalue weighted by atomic mass is 16.1. The fourth-order valence-corrected chi connectivity index (χ4v) is 1.77. The van der Waals surface area contributed by atoms with Crippen molar-refractivity contribution in [2.45, 2.75) is 13.3 Å². The zero-order chi connectivity index (χ0) is 12.1. The Kier molecular flexibility index (Phi) is 3.55. The molecule has 0 amide bonds. The van der Waals surface area contributed by atoms with E-state index < -0.39 is 0 Å². The van der Waals surface area contributed by atoms with E-state index in [2.05, 4.69) is 18.3 Å². The second kappa shape index (κ2) is 5.30. The standard InChI is InChI=1S/C15H15NO/c1-12-6-2-4-8-14(12)16-15-9-5-3-7-13(15)10-11-17/h2-9,11,16H,10H2,1H3. The molecule has 17 heavy (non-hydrogen) atoms. The molecule has 0 bridgehead atoms. The van der Waals surface area contributed by atoms with E-state index in [9.17, 15) is 4.79 Å². The average Bonchev–Trinajstić information content (AvgIpc) is 2.35. The minimum absolute atomic E-state index is 0.440. The van der Waals surface area contributed by atoms with E-state index in [0.29, 0.717) is 6.42 Å². The molecular weight excluding hydrogens is 210 g/mol. The zero-order valence-corrected chi connectivity index (χ0v) is 9.81. The summed E-state index contributed by atoms with van der Waals surface area (Å²) in [6.07, 6.45) is 1.37. The highest BCUT2D eigenvalue weighted by Crippen LogP contribution is 2.23. The molecular formula is C15H15NO. The largest absolute Gasteiger partial charge is 0.355 e. The molecule has 0 atom stereocenters. The number of para-hydroxylation sites is 2. The molecule has 2 rings (SSSR count). The van der Waals surface area contributed by atoms with Crippen LogP contribution in [0.4, 0.5) is 11.4 Å². The van der Waals surface area contributed by atoms with E-state index in [1.807, 2.05) is 42.5 Å². The Labute approximate surface area is 101 Å². The van der Waals surface area contributed by atoms with E-state index in [-0.39, 0.29) is 0 Å². The lowest BCUT2D eigenvalue weighted by Crippen LogP contribution is -1.98. The molecule has 2 aromatic carbocycles. The van der Waals surface area contributed by atoms with Gasteiger partial charge in [-0.1, -0.05) is 36.4 Å².